The molecule has 0 saturated carbocycles. The molecule has 0 N–H and O–H groups in total. The Bertz CT molecular complexity index is 1130. The molecule has 2 atom stereocenters. The molecule has 6 heteroatoms. The zero-order valence-electron chi connectivity index (χ0n) is 19.0. The van der Waals surface area contributed by atoms with E-state index in [9.17, 15) is 18.4 Å². The molecule has 1 aliphatic rings. The number of rotatable bonds is 10. The Morgan fingerprint density at radius 3 is 2.15 bits per heavy atom. The number of ether oxygens (including phenoxy) is 1. The van der Waals surface area contributed by atoms with Gasteiger partial charge in [-0.15, -0.1) is 0 Å². The highest BCUT2D eigenvalue weighted by molar-refractivity contribution is 6.04. The molecule has 1 heterocycles. The number of unbranched alkanes of at least 4 members (excludes halogenated alkanes) is 1. The quantitative estimate of drug-likeness (QED) is 0.196. The molecule has 0 radical (unpaired) electrons. The standard InChI is InChI=1S/C28H27F2NO3/c1-2-3-18-34-24-14-6-20(7-15-24)27-25(16-17-26(32)19-4-8-21(29)9-5-19)28(33)31(27)23-12-10-22(30)11-13-23/h4-15,25,27H,2-3,16-18H2,1H3/t25-,27-/m1/s1. The SMILES string of the molecule is CCCCOc1ccc([C@@H]2[C@@H](CCC(=O)c3ccc(F)cc3)C(=O)N2c2ccc(F)cc2)cc1. The van der Waals surface area contributed by atoms with Gasteiger partial charge in [-0.25, -0.2) is 8.78 Å². The maximum absolute atomic E-state index is 13.5. The summed E-state index contributed by atoms with van der Waals surface area (Å²) in [6, 6.07) is 18.6. The minimum Gasteiger partial charge on any atom is -0.494 e. The molecule has 4 nitrogen and oxygen atoms in total. The van der Waals surface area contributed by atoms with Gasteiger partial charge in [-0.2, -0.15) is 0 Å². The van der Waals surface area contributed by atoms with Gasteiger partial charge >= 0.3 is 0 Å². The van der Waals surface area contributed by atoms with Gasteiger partial charge in [0.2, 0.25) is 5.91 Å². The molecule has 1 saturated heterocycles. The molecule has 1 fully saturated rings. The summed E-state index contributed by atoms with van der Waals surface area (Å²) in [5, 5.41) is 0. The van der Waals surface area contributed by atoms with Gasteiger partial charge in [0.25, 0.3) is 0 Å². The lowest BCUT2D eigenvalue weighted by Gasteiger charge is -2.47. The summed E-state index contributed by atoms with van der Waals surface area (Å²) < 4.78 is 32.4. The Labute approximate surface area is 198 Å². The average molecular weight is 464 g/mol. The number of hydrogen-bond donors (Lipinski definition) is 0. The summed E-state index contributed by atoms with van der Waals surface area (Å²) in [4.78, 5) is 27.4. The first-order chi connectivity index (χ1) is 16.5. The number of nitrogens with zero attached hydrogens (tertiary/aromatic N) is 1. The van der Waals surface area contributed by atoms with Crippen molar-refractivity contribution in [1.82, 2.24) is 0 Å². The molecular weight excluding hydrogens is 436 g/mol. The molecule has 0 bridgehead atoms. The molecule has 3 aromatic carbocycles. The third-order valence-corrected chi connectivity index (χ3v) is 6.16. The van der Waals surface area contributed by atoms with E-state index in [1.165, 1.54) is 36.4 Å². The van der Waals surface area contributed by atoms with Crippen LogP contribution in [0.5, 0.6) is 5.75 Å². The fourth-order valence-electron chi connectivity index (χ4n) is 4.26. The summed E-state index contributed by atoms with van der Waals surface area (Å²) in [7, 11) is 0. The Hall–Kier alpha value is -3.54. The number of amides is 1. The van der Waals surface area contributed by atoms with Crippen LogP contribution < -0.4 is 9.64 Å². The topological polar surface area (TPSA) is 46.6 Å². The predicted molar refractivity (Wildman–Crippen MR) is 127 cm³/mol. The predicted octanol–water partition coefficient (Wildman–Crippen LogP) is 6.51. The van der Waals surface area contributed by atoms with Crippen molar-refractivity contribution in [2.24, 2.45) is 5.92 Å². The summed E-state index contributed by atoms with van der Waals surface area (Å²) >= 11 is 0. The average Bonchev–Trinajstić information content (AvgIpc) is 2.85. The number of Topliss-reactive ketones (excluding diaryl/α,β-unsaturated/α-hetero) is 1. The molecular formula is C28H27F2NO3. The van der Waals surface area contributed by atoms with Crippen LogP contribution in [0, 0.1) is 17.6 Å². The highest BCUT2D eigenvalue weighted by Crippen LogP contribution is 2.46. The largest absolute Gasteiger partial charge is 0.494 e. The number of anilines is 1. The highest BCUT2D eigenvalue weighted by atomic mass is 19.1. The molecule has 4 rings (SSSR count). The van der Waals surface area contributed by atoms with Crippen molar-refractivity contribution in [2.45, 2.75) is 38.6 Å². The second kappa shape index (κ2) is 10.6. The first-order valence-corrected chi connectivity index (χ1v) is 11.6. The minimum absolute atomic E-state index is 0.105. The van der Waals surface area contributed by atoms with Gasteiger partial charge in [0.05, 0.1) is 18.6 Å². The maximum atomic E-state index is 13.5. The number of carbonyl (C=O) groups excluding carboxylic acids is 2. The summed E-state index contributed by atoms with van der Waals surface area (Å²) in [6.07, 6.45) is 2.56. The maximum Gasteiger partial charge on any atom is 0.233 e. The fourth-order valence-corrected chi connectivity index (χ4v) is 4.26. The van der Waals surface area contributed by atoms with Gasteiger partial charge < -0.3 is 9.64 Å². The molecule has 0 spiro atoms. The zero-order chi connectivity index (χ0) is 24.1. The van der Waals surface area contributed by atoms with Crippen molar-refractivity contribution in [3.63, 3.8) is 0 Å². The van der Waals surface area contributed by atoms with Crippen LogP contribution in [0.2, 0.25) is 0 Å². The van der Waals surface area contributed by atoms with Gasteiger partial charge in [0.15, 0.2) is 5.78 Å². The van der Waals surface area contributed by atoms with Crippen molar-refractivity contribution >= 4 is 17.4 Å². The van der Waals surface area contributed by atoms with Crippen LogP contribution in [0.4, 0.5) is 14.5 Å². The second-order valence-corrected chi connectivity index (χ2v) is 8.48. The number of ketones is 1. The number of β-lactam (4-membered cyclic amide) rings is 1. The monoisotopic (exact) mass is 463 g/mol. The van der Waals surface area contributed by atoms with E-state index < -0.39 is 5.82 Å². The van der Waals surface area contributed by atoms with Crippen LogP contribution in [0.3, 0.4) is 0 Å². The second-order valence-electron chi connectivity index (χ2n) is 8.48. The van der Waals surface area contributed by atoms with Crippen LogP contribution in [0.25, 0.3) is 0 Å². The van der Waals surface area contributed by atoms with E-state index in [-0.39, 0.29) is 35.9 Å². The molecule has 3 aromatic rings. The Kier molecular flexibility index (Phi) is 7.36. The van der Waals surface area contributed by atoms with Gasteiger partial charge in [0.1, 0.15) is 17.4 Å². The number of hydrogen-bond acceptors (Lipinski definition) is 3. The van der Waals surface area contributed by atoms with E-state index in [0.717, 1.165) is 24.2 Å². The molecule has 0 aliphatic carbocycles. The fraction of sp³-hybridized carbons (Fsp3) is 0.286. The number of halogens is 2. The van der Waals surface area contributed by atoms with E-state index in [2.05, 4.69) is 6.92 Å². The van der Waals surface area contributed by atoms with Gasteiger partial charge in [0, 0.05) is 17.7 Å². The summed E-state index contributed by atoms with van der Waals surface area (Å²) in [5.41, 5.74) is 1.96. The molecule has 1 aliphatic heterocycles. The van der Waals surface area contributed by atoms with Crippen molar-refractivity contribution in [3.05, 3.63) is 95.6 Å². The van der Waals surface area contributed by atoms with E-state index in [1.807, 2.05) is 24.3 Å². The van der Waals surface area contributed by atoms with Crippen LogP contribution in [0.15, 0.2) is 72.8 Å². The van der Waals surface area contributed by atoms with Gasteiger partial charge in [-0.1, -0.05) is 25.5 Å². The van der Waals surface area contributed by atoms with Crippen LogP contribution in [-0.4, -0.2) is 18.3 Å². The molecule has 0 aromatic heterocycles. The minimum atomic E-state index is -0.400. The van der Waals surface area contributed by atoms with E-state index in [1.54, 1.807) is 17.0 Å². The Morgan fingerprint density at radius 1 is 0.912 bits per heavy atom. The van der Waals surface area contributed by atoms with Gasteiger partial charge in [-0.3, -0.25) is 9.59 Å². The lowest BCUT2D eigenvalue weighted by Crippen LogP contribution is -2.55. The summed E-state index contributed by atoms with van der Waals surface area (Å²) in [5.74, 6) is -0.634. The lowest BCUT2D eigenvalue weighted by molar-refractivity contribution is -0.130. The summed E-state index contributed by atoms with van der Waals surface area (Å²) in [6.45, 7) is 2.75. The first kappa shape index (κ1) is 23.6. The van der Waals surface area contributed by atoms with Crippen LogP contribution in [0.1, 0.15) is 54.6 Å². The third-order valence-electron chi connectivity index (χ3n) is 6.16. The number of benzene rings is 3. The third kappa shape index (κ3) is 5.16. The van der Waals surface area contributed by atoms with Crippen molar-refractivity contribution < 1.29 is 23.1 Å². The molecule has 34 heavy (non-hydrogen) atoms. The van der Waals surface area contributed by atoms with Crippen LogP contribution in [-0.2, 0) is 4.79 Å². The zero-order valence-corrected chi connectivity index (χ0v) is 19.0. The lowest BCUT2D eigenvalue weighted by atomic mass is 9.78. The van der Waals surface area contributed by atoms with Crippen molar-refractivity contribution in [1.29, 1.82) is 0 Å². The molecule has 176 valence electrons. The normalized spacial score (nSPS) is 17.4. The van der Waals surface area contributed by atoms with Gasteiger partial charge in [-0.05, 0) is 79.1 Å². The Balaban J connectivity index is 1.52. The van der Waals surface area contributed by atoms with Crippen molar-refractivity contribution in [3.8, 4) is 5.75 Å². The molecule has 0 unspecified atom stereocenters. The van der Waals surface area contributed by atoms with E-state index in [0.29, 0.717) is 24.3 Å². The van der Waals surface area contributed by atoms with Crippen LogP contribution >= 0.6 is 0 Å². The number of carbonyl (C=O) groups is 2. The first-order valence-electron chi connectivity index (χ1n) is 11.6. The Morgan fingerprint density at radius 2 is 1.53 bits per heavy atom. The van der Waals surface area contributed by atoms with E-state index in [4.69, 9.17) is 4.74 Å². The highest BCUT2D eigenvalue weighted by Gasteiger charge is 2.48. The van der Waals surface area contributed by atoms with Crippen molar-refractivity contribution in [2.75, 3.05) is 11.5 Å². The smallest absolute Gasteiger partial charge is 0.233 e. The van der Waals surface area contributed by atoms with E-state index >= 15 is 0 Å². The molecule has 1 amide bonds.